The number of hydrogen-bond donors (Lipinski definition) is 1. The molecule has 0 bridgehead atoms. The van der Waals surface area contributed by atoms with Gasteiger partial charge in [-0.3, -0.25) is 0 Å². The van der Waals surface area contributed by atoms with Crippen LogP contribution in [0.5, 0.6) is 6.01 Å². The zero-order valence-electron chi connectivity index (χ0n) is 17.6. The standard InChI is InChI=1S/C22H29FN6O/c1-3-7-14(2)30-22-27-20(24)21-25-13-17(29(21)28-22)12-16-10-11-18(26-19(16)23)15-8-5-4-6-9-15/h10-11,13-15H,3-9,12H2,1-2H3,(H2,24,27,28). The SMILES string of the molecule is CCCC(C)Oc1nc(N)c2ncc(Cc3ccc(C4CCCCC4)nc3F)n2n1. The molecule has 30 heavy (non-hydrogen) atoms. The van der Waals surface area contributed by atoms with Crippen molar-refractivity contribution in [3.8, 4) is 6.01 Å². The maximum absolute atomic E-state index is 14.8. The van der Waals surface area contributed by atoms with Gasteiger partial charge in [0.15, 0.2) is 11.5 Å². The summed E-state index contributed by atoms with van der Waals surface area (Å²) in [5, 5.41) is 4.43. The molecule has 1 saturated carbocycles. The molecule has 8 heteroatoms. The number of nitrogens with zero attached hydrogens (tertiary/aromatic N) is 5. The van der Waals surface area contributed by atoms with Gasteiger partial charge >= 0.3 is 6.01 Å². The summed E-state index contributed by atoms with van der Waals surface area (Å²) < 4.78 is 22.2. The Morgan fingerprint density at radius 1 is 1.23 bits per heavy atom. The van der Waals surface area contributed by atoms with Crippen LogP contribution in [0, 0.1) is 5.95 Å². The monoisotopic (exact) mass is 412 g/mol. The first-order chi connectivity index (χ1) is 14.5. The second kappa shape index (κ2) is 8.93. The van der Waals surface area contributed by atoms with Crippen molar-refractivity contribution in [1.29, 1.82) is 0 Å². The second-order valence-corrected chi connectivity index (χ2v) is 8.18. The van der Waals surface area contributed by atoms with Gasteiger partial charge in [-0.05, 0) is 32.3 Å². The summed E-state index contributed by atoms with van der Waals surface area (Å²) >= 11 is 0. The largest absolute Gasteiger partial charge is 0.459 e. The molecule has 0 aromatic carbocycles. The number of fused-ring (bicyclic) bond motifs is 1. The van der Waals surface area contributed by atoms with Gasteiger partial charge in [-0.1, -0.05) is 38.7 Å². The van der Waals surface area contributed by atoms with E-state index < -0.39 is 5.95 Å². The summed E-state index contributed by atoms with van der Waals surface area (Å²) in [6.07, 6.45) is 9.66. The van der Waals surface area contributed by atoms with E-state index in [0.717, 1.165) is 31.4 Å². The Morgan fingerprint density at radius 2 is 2.03 bits per heavy atom. The fraction of sp³-hybridized carbons (Fsp3) is 0.545. The van der Waals surface area contributed by atoms with Crippen LogP contribution in [-0.4, -0.2) is 30.7 Å². The van der Waals surface area contributed by atoms with Crippen LogP contribution < -0.4 is 10.5 Å². The Morgan fingerprint density at radius 3 is 2.77 bits per heavy atom. The fourth-order valence-electron chi connectivity index (χ4n) is 4.17. The topological polar surface area (TPSA) is 91.2 Å². The van der Waals surface area contributed by atoms with Crippen LogP contribution in [-0.2, 0) is 6.42 Å². The number of imidazole rings is 1. The first kappa shape index (κ1) is 20.5. The van der Waals surface area contributed by atoms with Crippen molar-refractivity contribution in [2.45, 2.75) is 77.2 Å². The maximum atomic E-state index is 14.8. The lowest BCUT2D eigenvalue weighted by atomic mass is 9.86. The highest BCUT2D eigenvalue weighted by Crippen LogP contribution is 2.32. The number of nitrogen functional groups attached to an aromatic ring is 1. The van der Waals surface area contributed by atoms with Crippen LogP contribution in [0.1, 0.15) is 81.7 Å². The molecule has 1 aliphatic rings. The lowest BCUT2D eigenvalue weighted by molar-refractivity contribution is 0.189. The van der Waals surface area contributed by atoms with Gasteiger partial charge < -0.3 is 10.5 Å². The number of nitrogens with two attached hydrogens (primary N) is 1. The molecule has 0 amide bonds. The molecular weight excluding hydrogens is 383 g/mol. The number of pyridine rings is 1. The van der Waals surface area contributed by atoms with Crippen LogP contribution in [0.4, 0.5) is 10.2 Å². The summed E-state index contributed by atoms with van der Waals surface area (Å²) in [6.45, 7) is 4.06. The van der Waals surface area contributed by atoms with E-state index in [1.165, 1.54) is 19.3 Å². The Kier molecular flexibility index (Phi) is 6.11. The van der Waals surface area contributed by atoms with E-state index in [0.29, 0.717) is 29.2 Å². The smallest absolute Gasteiger partial charge is 0.336 e. The molecule has 0 spiro atoms. The van der Waals surface area contributed by atoms with E-state index in [-0.39, 0.29) is 17.9 Å². The van der Waals surface area contributed by atoms with Crippen molar-refractivity contribution in [2.24, 2.45) is 0 Å². The zero-order valence-corrected chi connectivity index (χ0v) is 17.6. The molecular formula is C22H29FN6O. The van der Waals surface area contributed by atoms with Gasteiger partial charge in [0.1, 0.15) is 0 Å². The van der Waals surface area contributed by atoms with E-state index >= 15 is 0 Å². The predicted molar refractivity (Wildman–Crippen MR) is 113 cm³/mol. The van der Waals surface area contributed by atoms with Gasteiger partial charge in [-0.25, -0.2) is 14.5 Å². The number of ether oxygens (including phenoxy) is 1. The molecule has 160 valence electrons. The summed E-state index contributed by atoms with van der Waals surface area (Å²) in [7, 11) is 0. The van der Waals surface area contributed by atoms with Crippen molar-refractivity contribution in [3.05, 3.63) is 41.2 Å². The van der Waals surface area contributed by atoms with Crippen molar-refractivity contribution in [3.63, 3.8) is 0 Å². The molecule has 0 aliphatic heterocycles. The minimum atomic E-state index is -0.428. The molecule has 7 nitrogen and oxygen atoms in total. The minimum absolute atomic E-state index is 0.0206. The van der Waals surface area contributed by atoms with Gasteiger partial charge in [0.25, 0.3) is 0 Å². The Labute approximate surface area is 175 Å². The van der Waals surface area contributed by atoms with Gasteiger partial charge in [0.2, 0.25) is 5.95 Å². The fourth-order valence-corrected chi connectivity index (χ4v) is 4.17. The van der Waals surface area contributed by atoms with Crippen molar-refractivity contribution < 1.29 is 9.13 Å². The summed E-state index contributed by atoms with van der Waals surface area (Å²) in [5.41, 5.74) is 8.56. The lowest BCUT2D eigenvalue weighted by Crippen LogP contribution is -2.15. The average Bonchev–Trinajstić information content (AvgIpc) is 3.13. The molecule has 4 rings (SSSR count). The minimum Gasteiger partial charge on any atom is -0.459 e. The number of aromatic nitrogens is 5. The first-order valence-electron chi connectivity index (χ1n) is 10.9. The van der Waals surface area contributed by atoms with Crippen LogP contribution >= 0.6 is 0 Å². The molecule has 1 atom stereocenters. The molecule has 2 N–H and O–H groups in total. The van der Waals surface area contributed by atoms with Crippen LogP contribution in [0.2, 0.25) is 0 Å². The Hall–Kier alpha value is -2.77. The third-order valence-corrected chi connectivity index (χ3v) is 5.78. The number of halogens is 1. The van der Waals surface area contributed by atoms with Gasteiger partial charge in [-0.15, -0.1) is 5.10 Å². The molecule has 0 saturated heterocycles. The first-order valence-corrected chi connectivity index (χ1v) is 10.9. The molecule has 1 fully saturated rings. The molecule has 1 unspecified atom stereocenters. The number of anilines is 1. The van der Waals surface area contributed by atoms with Gasteiger partial charge in [0.05, 0.1) is 18.0 Å². The average molecular weight is 413 g/mol. The third kappa shape index (κ3) is 4.37. The van der Waals surface area contributed by atoms with E-state index in [2.05, 4.69) is 27.0 Å². The van der Waals surface area contributed by atoms with Crippen LogP contribution in [0.15, 0.2) is 18.3 Å². The Balaban J connectivity index is 1.58. The van der Waals surface area contributed by atoms with E-state index in [1.54, 1.807) is 10.7 Å². The second-order valence-electron chi connectivity index (χ2n) is 8.18. The highest BCUT2D eigenvalue weighted by molar-refractivity contribution is 5.59. The third-order valence-electron chi connectivity index (χ3n) is 5.78. The maximum Gasteiger partial charge on any atom is 0.336 e. The summed E-state index contributed by atoms with van der Waals surface area (Å²) in [6, 6.07) is 3.99. The van der Waals surface area contributed by atoms with Crippen molar-refractivity contribution in [1.82, 2.24) is 24.6 Å². The number of hydrogen-bond acceptors (Lipinski definition) is 6. The zero-order chi connectivity index (χ0) is 21.1. The predicted octanol–water partition coefficient (Wildman–Crippen LogP) is 4.45. The highest BCUT2D eigenvalue weighted by Gasteiger charge is 2.19. The van der Waals surface area contributed by atoms with E-state index in [4.69, 9.17) is 10.5 Å². The van der Waals surface area contributed by atoms with E-state index in [1.807, 2.05) is 19.1 Å². The summed E-state index contributed by atoms with van der Waals surface area (Å²) in [4.78, 5) is 12.8. The van der Waals surface area contributed by atoms with Crippen LogP contribution in [0.25, 0.3) is 5.65 Å². The molecule has 3 aromatic rings. The molecule has 1 aliphatic carbocycles. The van der Waals surface area contributed by atoms with Crippen molar-refractivity contribution >= 4 is 11.5 Å². The van der Waals surface area contributed by atoms with Crippen LogP contribution in [0.3, 0.4) is 0 Å². The highest BCUT2D eigenvalue weighted by atomic mass is 19.1. The molecule has 0 radical (unpaired) electrons. The van der Waals surface area contributed by atoms with E-state index in [9.17, 15) is 4.39 Å². The van der Waals surface area contributed by atoms with Gasteiger partial charge in [0, 0.05) is 23.6 Å². The Bertz CT molecular complexity index is 1010. The van der Waals surface area contributed by atoms with Gasteiger partial charge in [-0.2, -0.15) is 9.37 Å². The molecule has 3 heterocycles. The quantitative estimate of drug-likeness (QED) is 0.577. The van der Waals surface area contributed by atoms with Crippen molar-refractivity contribution in [2.75, 3.05) is 5.73 Å². The lowest BCUT2D eigenvalue weighted by Gasteiger charge is -2.21. The normalized spacial score (nSPS) is 16.1. The molecule has 3 aromatic heterocycles. The summed E-state index contributed by atoms with van der Waals surface area (Å²) in [5.74, 6) is 0.180. The number of rotatable bonds is 7.